The molecule has 0 amide bonds. The van der Waals surface area contributed by atoms with Crippen molar-refractivity contribution in [1.29, 1.82) is 0 Å². The van der Waals surface area contributed by atoms with Crippen LogP contribution in [-0.4, -0.2) is 59.6 Å². The number of carboxylic acid groups (broad SMARTS) is 1. The molecular formula is C17H22F3N5O4S. The lowest BCUT2D eigenvalue weighted by Gasteiger charge is -2.21. The van der Waals surface area contributed by atoms with E-state index in [9.17, 15) is 21.6 Å². The number of imidazole rings is 1. The first kappa shape index (κ1) is 23.6. The number of aromatic nitrogens is 3. The second-order valence-electron chi connectivity index (χ2n) is 6.59. The van der Waals surface area contributed by atoms with Crippen molar-refractivity contribution < 1.29 is 31.5 Å². The highest BCUT2D eigenvalue weighted by Crippen LogP contribution is 2.17. The Balaban J connectivity index is 0.000000396. The first-order valence-electron chi connectivity index (χ1n) is 8.83. The molecule has 2 N–H and O–H groups in total. The maximum Gasteiger partial charge on any atom is 0.490 e. The van der Waals surface area contributed by atoms with Crippen molar-refractivity contribution in [1.82, 2.24) is 19.3 Å². The first-order valence-corrected chi connectivity index (χ1v) is 10.7. The predicted molar refractivity (Wildman–Crippen MR) is 102 cm³/mol. The highest BCUT2D eigenvalue weighted by molar-refractivity contribution is 7.88. The van der Waals surface area contributed by atoms with Gasteiger partial charge < -0.3 is 14.6 Å². The molecule has 0 unspecified atom stereocenters. The Labute approximate surface area is 171 Å². The van der Waals surface area contributed by atoms with Crippen LogP contribution >= 0.6 is 0 Å². The molecule has 0 fully saturated rings. The quantitative estimate of drug-likeness (QED) is 0.723. The lowest BCUT2D eigenvalue weighted by atomic mass is 10.3. The van der Waals surface area contributed by atoms with E-state index in [1.54, 1.807) is 6.20 Å². The molecule has 3 rings (SSSR count). The Hall–Kier alpha value is -2.67. The molecule has 0 atom stereocenters. The van der Waals surface area contributed by atoms with Crippen LogP contribution in [0.15, 0.2) is 24.4 Å². The number of rotatable bonds is 4. The molecule has 0 bridgehead atoms. The second-order valence-corrected chi connectivity index (χ2v) is 8.42. The predicted octanol–water partition coefficient (Wildman–Crippen LogP) is 1.33. The number of aliphatic carboxylic acids is 1. The summed E-state index contributed by atoms with van der Waals surface area (Å²) in [5, 5.41) is 7.12. The van der Waals surface area contributed by atoms with Crippen LogP contribution in [0.2, 0.25) is 0 Å². The van der Waals surface area contributed by atoms with Crippen LogP contribution in [0.4, 0.5) is 19.0 Å². The van der Waals surface area contributed by atoms with E-state index in [4.69, 9.17) is 9.90 Å². The summed E-state index contributed by atoms with van der Waals surface area (Å²) in [6, 6.07) is 6.02. The standard InChI is InChI=1S/C15H21N5O2S.C2HF3O2/c1-12-4-3-5-15(18-12)19-7-6-14-16-10-13(20(14)9-8-19)11-17-23(2,21)22;3-2(4,5)1(6)7/h3-5,10,17H,6-9,11H2,1-2H3;(H,6,7). The number of anilines is 1. The van der Waals surface area contributed by atoms with Crippen LogP contribution in [0, 0.1) is 6.92 Å². The van der Waals surface area contributed by atoms with Gasteiger partial charge in [-0.2, -0.15) is 13.2 Å². The van der Waals surface area contributed by atoms with Crippen molar-refractivity contribution in [2.24, 2.45) is 0 Å². The van der Waals surface area contributed by atoms with Gasteiger partial charge in [-0.05, 0) is 19.1 Å². The summed E-state index contributed by atoms with van der Waals surface area (Å²) in [5.41, 5.74) is 1.90. The van der Waals surface area contributed by atoms with Gasteiger partial charge in [-0.1, -0.05) is 6.07 Å². The van der Waals surface area contributed by atoms with Crippen molar-refractivity contribution in [2.45, 2.75) is 32.6 Å². The maximum atomic E-state index is 11.3. The van der Waals surface area contributed by atoms with Crippen LogP contribution in [0.25, 0.3) is 0 Å². The molecule has 3 heterocycles. The zero-order valence-corrected chi connectivity index (χ0v) is 17.2. The number of carboxylic acids is 1. The second kappa shape index (κ2) is 9.43. The van der Waals surface area contributed by atoms with Crippen LogP contribution in [0.3, 0.4) is 0 Å². The molecule has 0 radical (unpaired) electrons. The van der Waals surface area contributed by atoms with Gasteiger partial charge >= 0.3 is 12.1 Å². The molecule has 0 spiro atoms. The van der Waals surface area contributed by atoms with E-state index in [1.165, 1.54) is 0 Å². The Kier molecular flexibility index (Phi) is 7.42. The van der Waals surface area contributed by atoms with Crippen LogP contribution in [0.5, 0.6) is 0 Å². The Morgan fingerprint density at radius 3 is 2.50 bits per heavy atom. The Morgan fingerprint density at radius 1 is 1.27 bits per heavy atom. The van der Waals surface area contributed by atoms with E-state index in [0.717, 1.165) is 55.3 Å². The molecule has 0 saturated heterocycles. The smallest absolute Gasteiger partial charge is 0.475 e. The average molecular weight is 449 g/mol. The van der Waals surface area contributed by atoms with Crippen molar-refractivity contribution in [2.75, 3.05) is 24.2 Å². The summed E-state index contributed by atoms with van der Waals surface area (Å²) in [5.74, 6) is -0.787. The number of pyridine rings is 1. The number of sulfonamides is 1. The van der Waals surface area contributed by atoms with Gasteiger partial charge in [-0.25, -0.2) is 27.9 Å². The van der Waals surface area contributed by atoms with Crippen molar-refractivity contribution in [3.8, 4) is 0 Å². The fraction of sp³-hybridized carbons (Fsp3) is 0.471. The van der Waals surface area contributed by atoms with E-state index in [1.807, 2.05) is 25.1 Å². The van der Waals surface area contributed by atoms with E-state index < -0.39 is 22.2 Å². The highest BCUT2D eigenvalue weighted by atomic mass is 32.2. The fourth-order valence-electron chi connectivity index (χ4n) is 2.77. The van der Waals surface area contributed by atoms with Crippen LogP contribution in [-0.2, 0) is 34.3 Å². The lowest BCUT2D eigenvalue weighted by Crippen LogP contribution is -2.28. The number of alkyl halides is 3. The monoisotopic (exact) mass is 449 g/mol. The number of hydrogen-bond acceptors (Lipinski definition) is 6. The van der Waals surface area contributed by atoms with Crippen molar-refractivity contribution in [3.63, 3.8) is 0 Å². The molecule has 13 heteroatoms. The first-order chi connectivity index (χ1) is 13.9. The van der Waals surface area contributed by atoms with Crippen molar-refractivity contribution >= 4 is 21.8 Å². The van der Waals surface area contributed by atoms with Crippen molar-refractivity contribution in [3.05, 3.63) is 41.6 Å². The number of aryl methyl sites for hydroxylation is 1. The number of hydrogen-bond donors (Lipinski definition) is 2. The summed E-state index contributed by atoms with van der Waals surface area (Å²) < 4.78 is 58.9. The molecule has 0 saturated carbocycles. The summed E-state index contributed by atoms with van der Waals surface area (Å²) >= 11 is 0. The Bertz CT molecular complexity index is 992. The molecule has 0 aromatic carbocycles. The highest BCUT2D eigenvalue weighted by Gasteiger charge is 2.38. The zero-order valence-electron chi connectivity index (χ0n) is 16.3. The molecule has 9 nitrogen and oxygen atoms in total. The average Bonchev–Trinajstić information content (AvgIpc) is 2.88. The van der Waals surface area contributed by atoms with E-state index in [0.29, 0.717) is 0 Å². The van der Waals surface area contributed by atoms with Gasteiger partial charge in [0.15, 0.2) is 0 Å². The van der Waals surface area contributed by atoms with Gasteiger partial charge in [0.25, 0.3) is 0 Å². The minimum atomic E-state index is -5.08. The van der Waals surface area contributed by atoms with E-state index >= 15 is 0 Å². The molecule has 1 aliphatic heterocycles. The summed E-state index contributed by atoms with van der Waals surface area (Å²) in [6.45, 7) is 4.71. The topological polar surface area (TPSA) is 117 Å². The molecule has 166 valence electrons. The maximum absolute atomic E-state index is 11.3. The van der Waals surface area contributed by atoms with Gasteiger partial charge in [0.2, 0.25) is 10.0 Å². The molecule has 30 heavy (non-hydrogen) atoms. The van der Waals surface area contributed by atoms with Gasteiger partial charge in [-0.3, -0.25) is 0 Å². The van der Waals surface area contributed by atoms with Gasteiger partial charge in [-0.15, -0.1) is 0 Å². The Morgan fingerprint density at radius 2 is 1.93 bits per heavy atom. The van der Waals surface area contributed by atoms with Gasteiger partial charge in [0.1, 0.15) is 11.6 Å². The lowest BCUT2D eigenvalue weighted by molar-refractivity contribution is -0.192. The van der Waals surface area contributed by atoms with Crippen LogP contribution in [0.1, 0.15) is 17.2 Å². The number of fused-ring (bicyclic) bond motifs is 1. The minimum absolute atomic E-state index is 0.272. The number of nitrogens with zero attached hydrogens (tertiary/aromatic N) is 4. The van der Waals surface area contributed by atoms with E-state index in [-0.39, 0.29) is 6.54 Å². The number of nitrogens with one attached hydrogen (secondary N) is 1. The van der Waals surface area contributed by atoms with Crippen LogP contribution < -0.4 is 9.62 Å². The normalized spacial score (nSPS) is 14.4. The molecular weight excluding hydrogens is 427 g/mol. The summed E-state index contributed by atoms with van der Waals surface area (Å²) in [7, 11) is -3.21. The third-order valence-electron chi connectivity index (χ3n) is 4.18. The zero-order chi connectivity index (χ0) is 22.5. The summed E-state index contributed by atoms with van der Waals surface area (Å²) in [6.07, 6.45) is -1.35. The van der Waals surface area contributed by atoms with Gasteiger partial charge in [0.05, 0.1) is 18.5 Å². The molecule has 2 aromatic rings. The molecule has 0 aliphatic carbocycles. The minimum Gasteiger partial charge on any atom is -0.475 e. The number of carbonyl (C=O) groups is 1. The van der Waals surface area contributed by atoms with Gasteiger partial charge in [0, 0.05) is 37.9 Å². The van der Waals surface area contributed by atoms with E-state index in [2.05, 4.69) is 24.2 Å². The SMILES string of the molecule is Cc1cccc(N2CCc3ncc(CNS(C)(=O)=O)n3CC2)n1.O=C(O)C(F)(F)F. The fourth-order valence-corrected chi connectivity index (χ4v) is 3.18. The third-order valence-corrected chi connectivity index (χ3v) is 4.84. The molecule has 1 aliphatic rings. The number of halogens is 3. The third kappa shape index (κ3) is 6.99. The molecule has 2 aromatic heterocycles. The summed E-state index contributed by atoms with van der Waals surface area (Å²) in [4.78, 5) is 20.2. The largest absolute Gasteiger partial charge is 0.490 e.